The third-order valence-electron chi connectivity index (χ3n) is 3.07. The summed E-state index contributed by atoms with van der Waals surface area (Å²) in [5.74, 6) is 0.0789. The highest BCUT2D eigenvalue weighted by atomic mass is 32.2. The zero-order chi connectivity index (χ0) is 14.8. The van der Waals surface area contributed by atoms with E-state index in [1.54, 1.807) is 6.92 Å². The molecule has 0 fully saturated rings. The number of thiophene rings is 1. The Morgan fingerprint density at radius 2 is 2.05 bits per heavy atom. The van der Waals surface area contributed by atoms with Crippen LogP contribution in [0.2, 0.25) is 0 Å². The van der Waals surface area contributed by atoms with Gasteiger partial charge in [-0.1, -0.05) is 25.1 Å². The largest absolute Gasteiger partial charge is 0.383 e. The van der Waals surface area contributed by atoms with Gasteiger partial charge < -0.3 is 5.11 Å². The Labute approximate surface area is 123 Å². The molecule has 1 atom stereocenters. The van der Waals surface area contributed by atoms with Crippen LogP contribution in [-0.4, -0.2) is 25.8 Å². The van der Waals surface area contributed by atoms with E-state index in [1.807, 2.05) is 37.3 Å². The molecule has 0 spiro atoms. The molecule has 1 aromatic heterocycles. The lowest BCUT2D eigenvalue weighted by Gasteiger charge is -2.22. The average molecular weight is 313 g/mol. The van der Waals surface area contributed by atoms with Crippen LogP contribution in [0.4, 0.5) is 0 Å². The number of hydrogen-bond acceptors (Lipinski definition) is 4. The first kappa shape index (κ1) is 15.4. The van der Waals surface area contributed by atoms with Crippen molar-refractivity contribution in [2.75, 3.05) is 12.3 Å². The van der Waals surface area contributed by atoms with Crippen molar-refractivity contribution >= 4 is 31.4 Å². The van der Waals surface area contributed by atoms with Crippen molar-refractivity contribution in [3.05, 3.63) is 35.2 Å². The predicted molar refractivity (Wildman–Crippen MR) is 83.5 cm³/mol. The van der Waals surface area contributed by atoms with Crippen LogP contribution >= 0.6 is 11.3 Å². The topological polar surface area (TPSA) is 66.4 Å². The summed E-state index contributed by atoms with van der Waals surface area (Å²) in [6.45, 7) is 3.43. The van der Waals surface area contributed by atoms with Gasteiger partial charge in [0.05, 0.1) is 5.75 Å². The summed E-state index contributed by atoms with van der Waals surface area (Å²) in [6.07, 6.45) is 0.556. The maximum Gasteiger partial charge on any atom is 0.211 e. The fourth-order valence-electron chi connectivity index (χ4n) is 1.93. The van der Waals surface area contributed by atoms with Crippen molar-refractivity contribution in [1.82, 2.24) is 4.72 Å². The zero-order valence-electron chi connectivity index (χ0n) is 11.6. The van der Waals surface area contributed by atoms with E-state index in [-0.39, 0.29) is 12.3 Å². The summed E-state index contributed by atoms with van der Waals surface area (Å²) in [5.41, 5.74) is -1.20. The minimum Gasteiger partial charge on any atom is -0.383 e. The number of hydrogen-bond donors (Lipinski definition) is 2. The molecule has 0 radical (unpaired) electrons. The maximum absolute atomic E-state index is 11.7. The molecular formula is C14H19NO3S2. The molecule has 0 aliphatic carbocycles. The van der Waals surface area contributed by atoms with E-state index in [9.17, 15) is 13.5 Å². The lowest BCUT2D eigenvalue weighted by atomic mass is 10.1. The minimum atomic E-state index is -3.31. The SMILES string of the molecule is CCCS(=O)(=O)NCC(C)(O)c1cc2ccccc2s1. The normalized spacial score (nSPS) is 15.3. The molecule has 2 rings (SSSR count). The van der Waals surface area contributed by atoms with Gasteiger partial charge in [0.2, 0.25) is 10.0 Å². The van der Waals surface area contributed by atoms with Crippen molar-refractivity contribution in [3.8, 4) is 0 Å². The van der Waals surface area contributed by atoms with E-state index in [4.69, 9.17) is 0 Å². The quantitative estimate of drug-likeness (QED) is 0.861. The van der Waals surface area contributed by atoms with E-state index in [1.165, 1.54) is 11.3 Å². The second-order valence-corrected chi connectivity index (χ2v) is 8.07. The van der Waals surface area contributed by atoms with Gasteiger partial charge in [0.25, 0.3) is 0 Å². The van der Waals surface area contributed by atoms with Crippen molar-refractivity contribution in [3.63, 3.8) is 0 Å². The lowest BCUT2D eigenvalue weighted by Crippen LogP contribution is -2.39. The summed E-state index contributed by atoms with van der Waals surface area (Å²) >= 11 is 1.48. The van der Waals surface area contributed by atoms with Crippen LogP contribution in [0.5, 0.6) is 0 Å². The first-order valence-corrected chi connectivity index (χ1v) is 9.00. The fourth-order valence-corrected chi connectivity index (χ4v) is 4.21. The first-order valence-electron chi connectivity index (χ1n) is 6.53. The second-order valence-electron chi connectivity index (χ2n) is 5.06. The fraction of sp³-hybridized carbons (Fsp3) is 0.429. The van der Waals surface area contributed by atoms with E-state index in [2.05, 4.69) is 4.72 Å². The van der Waals surface area contributed by atoms with Crippen LogP contribution in [0, 0.1) is 0 Å². The van der Waals surface area contributed by atoms with Crippen LogP contribution in [-0.2, 0) is 15.6 Å². The average Bonchev–Trinajstić information content (AvgIpc) is 2.81. The second kappa shape index (κ2) is 5.81. The lowest BCUT2D eigenvalue weighted by molar-refractivity contribution is 0.0667. The third kappa shape index (κ3) is 3.58. The minimum absolute atomic E-state index is 0.0118. The molecule has 0 aliphatic rings. The molecule has 0 bridgehead atoms. The van der Waals surface area contributed by atoms with Crippen molar-refractivity contribution < 1.29 is 13.5 Å². The smallest absolute Gasteiger partial charge is 0.211 e. The molecule has 20 heavy (non-hydrogen) atoms. The Kier molecular flexibility index (Phi) is 4.49. The Morgan fingerprint density at radius 1 is 1.35 bits per heavy atom. The van der Waals surface area contributed by atoms with Gasteiger partial charge in [0.15, 0.2) is 0 Å². The van der Waals surface area contributed by atoms with Gasteiger partial charge in [-0.05, 0) is 30.9 Å². The van der Waals surface area contributed by atoms with E-state index in [0.717, 1.165) is 15.0 Å². The highest BCUT2D eigenvalue weighted by Crippen LogP contribution is 2.32. The highest BCUT2D eigenvalue weighted by molar-refractivity contribution is 7.89. The molecule has 0 saturated carbocycles. The molecule has 0 amide bonds. The number of nitrogens with one attached hydrogen (secondary N) is 1. The molecule has 1 unspecified atom stereocenters. The Balaban J connectivity index is 2.17. The molecule has 6 heteroatoms. The highest BCUT2D eigenvalue weighted by Gasteiger charge is 2.27. The van der Waals surface area contributed by atoms with Gasteiger partial charge in [-0.25, -0.2) is 13.1 Å². The molecule has 1 aromatic carbocycles. The van der Waals surface area contributed by atoms with Crippen molar-refractivity contribution in [2.45, 2.75) is 25.9 Å². The molecule has 2 aromatic rings. The zero-order valence-corrected chi connectivity index (χ0v) is 13.2. The third-order valence-corrected chi connectivity index (χ3v) is 5.96. The van der Waals surface area contributed by atoms with Gasteiger partial charge in [0.1, 0.15) is 5.60 Å². The van der Waals surface area contributed by atoms with Crippen molar-refractivity contribution in [1.29, 1.82) is 0 Å². The summed E-state index contributed by atoms with van der Waals surface area (Å²) in [5, 5.41) is 11.6. The van der Waals surface area contributed by atoms with Crippen LogP contribution in [0.3, 0.4) is 0 Å². The summed E-state index contributed by atoms with van der Waals surface area (Å²) < 4.78 is 26.9. The van der Waals surface area contributed by atoms with Crippen LogP contribution in [0.25, 0.3) is 10.1 Å². The maximum atomic E-state index is 11.7. The number of rotatable bonds is 6. The van der Waals surface area contributed by atoms with Crippen LogP contribution < -0.4 is 4.72 Å². The Bertz CT molecular complexity index is 656. The summed E-state index contributed by atoms with van der Waals surface area (Å²) in [7, 11) is -3.31. The number of aliphatic hydroxyl groups is 1. The van der Waals surface area contributed by atoms with Crippen LogP contribution in [0.1, 0.15) is 25.1 Å². The molecule has 2 N–H and O–H groups in total. The van der Waals surface area contributed by atoms with E-state index in [0.29, 0.717) is 6.42 Å². The standard InChI is InChI=1S/C14H19NO3S2/c1-3-8-20(17,18)15-10-14(2,16)13-9-11-6-4-5-7-12(11)19-13/h4-7,9,15-16H,3,8,10H2,1-2H3. The molecule has 1 heterocycles. The van der Waals surface area contributed by atoms with E-state index < -0.39 is 15.6 Å². The van der Waals surface area contributed by atoms with E-state index >= 15 is 0 Å². The summed E-state index contributed by atoms with van der Waals surface area (Å²) in [4.78, 5) is 0.762. The predicted octanol–water partition coefficient (Wildman–Crippen LogP) is 2.44. The molecule has 0 aliphatic heterocycles. The Morgan fingerprint density at radius 3 is 2.70 bits per heavy atom. The monoisotopic (exact) mass is 313 g/mol. The number of fused-ring (bicyclic) bond motifs is 1. The van der Waals surface area contributed by atoms with Gasteiger partial charge >= 0.3 is 0 Å². The molecule has 110 valence electrons. The molecule has 0 saturated heterocycles. The molecule has 4 nitrogen and oxygen atoms in total. The van der Waals surface area contributed by atoms with Crippen molar-refractivity contribution in [2.24, 2.45) is 0 Å². The number of sulfonamides is 1. The van der Waals surface area contributed by atoms with Gasteiger partial charge in [-0.15, -0.1) is 11.3 Å². The van der Waals surface area contributed by atoms with Crippen LogP contribution in [0.15, 0.2) is 30.3 Å². The van der Waals surface area contributed by atoms with Gasteiger partial charge in [-0.2, -0.15) is 0 Å². The summed E-state index contributed by atoms with van der Waals surface area (Å²) in [6, 6.07) is 9.76. The number of benzene rings is 1. The molecular weight excluding hydrogens is 294 g/mol. The Hall–Kier alpha value is -0.950. The van der Waals surface area contributed by atoms with Gasteiger partial charge in [-0.3, -0.25) is 0 Å². The first-order chi connectivity index (χ1) is 9.34. The van der Waals surface area contributed by atoms with Gasteiger partial charge in [0, 0.05) is 16.1 Å².